The van der Waals surface area contributed by atoms with Crippen molar-refractivity contribution in [1.29, 1.82) is 0 Å². The number of ether oxygens (including phenoxy) is 1. The van der Waals surface area contributed by atoms with Crippen LogP contribution >= 0.6 is 27.7 Å². The first-order valence-corrected chi connectivity index (χ1v) is 10.0. The third kappa shape index (κ3) is 4.56. The molecule has 1 aliphatic heterocycles. The molecule has 1 saturated heterocycles. The van der Waals surface area contributed by atoms with E-state index in [4.69, 9.17) is 4.74 Å². The molecular weight excluding hydrogens is 412 g/mol. The standard InChI is InChI=1S/C20H19BrN2O2S/c1-3-13-5-8-16(9-6-13)22-20-23-19(24)18(26-20)12-14-11-15(21)7-10-17(14)25-4-2/h5-12H,3-4H2,1-2H3,(H,22,23,24)/b18-12-. The average Bonchev–Trinajstić information content (AvgIpc) is 2.97. The van der Waals surface area contributed by atoms with Crippen LogP contribution in [0.3, 0.4) is 0 Å². The van der Waals surface area contributed by atoms with E-state index in [2.05, 4.69) is 33.2 Å². The molecule has 0 saturated carbocycles. The first kappa shape index (κ1) is 18.7. The van der Waals surface area contributed by atoms with Gasteiger partial charge in [-0.1, -0.05) is 35.0 Å². The van der Waals surface area contributed by atoms with Crippen molar-refractivity contribution in [2.24, 2.45) is 4.99 Å². The molecule has 0 spiro atoms. The Balaban J connectivity index is 1.84. The second-order valence-electron chi connectivity index (χ2n) is 5.62. The quantitative estimate of drug-likeness (QED) is 0.654. The zero-order valence-electron chi connectivity index (χ0n) is 14.6. The zero-order valence-corrected chi connectivity index (χ0v) is 17.0. The number of rotatable bonds is 5. The van der Waals surface area contributed by atoms with E-state index in [0.717, 1.165) is 27.9 Å². The molecule has 4 nitrogen and oxygen atoms in total. The van der Waals surface area contributed by atoms with Crippen LogP contribution in [0.5, 0.6) is 5.75 Å². The van der Waals surface area contributed by atoms with E-state index in [0.29, 0.717) is 16.7 Å². The minimum absolute atomic E-state index is 0.152. The van der Waals surface area contributed by atoms with Crippen molar-refractivity contribution >= 4 is 50.5 Å². The summed E-state index contributed by atoms with van der Waals surface area (Å²) < 4.78 is 6.58. The molecule has 3 rings (SSSR count). The molecule has 2 aromatic rings. The summed E-state index contributed by atoms with van der Waals surface area (Å²) in [7, 11) is 0. The number of nitrogens with one attached hydrogen (secondary N) is 1. The van der Waals surface area contributed by atoms with Crippen LogP contribution in [0.15, 0.2) is 56.8 Å². The number of aryl methyl sites for hydroxylation is 1. The number of hydrogen-bond acceptors (Lipinski definition) is 4. The van der Waals surface area contributed by atoms with Crippen LogP contribution in [0, 0.1) is 0 Å². The Kier molecular flexibility index (Phi) is 6.16. The molecule has 1 amide bonds. The molecule has 0 bridgehead atoms. The predicted octanol–water partition coefficient (Wildman–Crippen LogP) is 5.30. The lowest BCUT2D eigenvalue weighted by Crippen LogP contribution is -2.19. The van der Waals surface area contributed by atoms with E-state index >= 15 is 0 Å². The predicted molar refractivity (Wildman–Crippen MR) is 112 cm³/mol. The van der Waals surface area contributed by atoms with Gasteiger partial charge in [0.2, 0.25) is 0 Å². The highest BCUT2D eigenvalue weighted by Crippen LogP contribution is 2.32. The maximum atomic E-state index is 12.3. The van der Waals surface area contributed by atoms with Crippen molar-refractivity contribution < 1.29 is 9.53 Å². The van der Waals surface area contributed by atoms with Crippen LogP contribution < -0.4 is 10.1 Å². The molecule has 26 heavy (non-hydrogen) atoms. The van der Waals surface area contributed by atoms with Gasteiger partial charge in [0.25, 0.3) is 5.91 Å². The fraction of sp³-hybridized carbons (Fsp3) is 0.200. The minimum Gasteiger partial charge on any atom is -0.493 e. The molecule has 1 fully saturated rings. The summed E-state index contributed by atoms with van der Waals surface area (Å²) >= 11 is 4.79. The Bertz CT molecular complexity index is 876. The molecule has 0 atom stereocenters. The number of halogens is 1. The number of carbonyl (C=O) groups excluding carboxylic acids is 1. The number of carbonyl (C=O) groups is 1. The van der Waals surface area contributed by atoms with Crippen molar-refractivity contribution in [2.75, 3.05) is 6.61 Å². The lowest BCUT2D eigenvalue weighted by atomic mass is 10.2. The van der Waals surface area contributed by atoms with Gasteiger partial charge in [0.1, 0.15) is 5.75 Å². The Hall–Kier alpha value is -2.05. The highest BCUT2D eigenvalue weighted by Gasteiger charge is 2.24. The topological polar surface area (TPSA) is 50.7 Å². The van der Waals surface area contributed by atoms with Gasteiger partial charge in [-0.25, -0.2) is 4.99 Å². The number of aliphatic imine (C=N–C) groups is 1. The van der Waals surface area contributed by atoms with Crippen molar-refractivity contribution in [1.82, 2.24) is 5.32 Å². The summed E-state index contributed by atoms with van der Waals surface area (Å²) in [5.74, 6) is 0.596. The first-order chi connectivity index (χ1) is 12.6. The molecule has 6 heteroatoms. The minimum atomic E-state index is -0.152. The normalized spacial score (nSPS) is 17.0. The fourth-order valence-electron chi connectivity index (χ4n) is 2.46. The van der Waals surface area contributed by atoms with Gasteiger partial charge >= 0.3 is 0 Å². The van der Waals surface area contributed by atoms with E-state index in [-0.39, 0.29) is 5.91 Å². The van der Waals surface area contributed by atoms with Gasteiger partial charge in [0.05, 0.1) is 17.2 Å². The Morgan fingerprint density at radius 3 is 2.65 bits per heavy atom. The van der Waals surface area contributed by atoms with Gasteiger partial charge in [-0.2, -0.15) is 0 Å². The maximum Gasteiger partial charge on any atom is 0.264 e. The largest absolute Gasteiger partial charge is 0.493 e. The van der Waals surface area contributed by atoms with Crippen molar-refractivity contribution in [3.63, 3.8) is 0 Å². The Morgan fingerprint density at radius 1 is 1.19 bits per heavy atom. The zero-order chi connectivity index (χ0) is 18.5. The molecule has 1 aliphatic rings. The number of hydrogen-bond donors (Lipinski definition) is 1. The summed E-state index contributed by atoms with van der Waals surface area (Å²) in [6, 6.07) is 13.8. The molecule has 1 heterocycles. The highest BCUT2D eigenvalue weighted by molar-refractivity contribution is 9.10. The summed E-state index contributed by atoms with van der Waals surface area (Å²) in [4.78, 5) is 17.4. The highest BCUT2D eigenvalue weighted by atomic mass is 79.9. The number of nitrogens with zero attached hydrogens (tertiary/aromatic N) is 1. The van der Waals surface area contributed by atoms with E-state index < -0.39 is 0 Å². The molecule has 0 unspecified atom stereocenters. The van der Waals surface area contributed by atoms with Crippen LogP contribution in [0.25, 0.3) is 6.08 Å². The van der Waals surface area contributed by atoms with E-state index in [9.17, 15) is 4.79 Å². The number of thioether (sulfide) groups is 1. The van der Waals surface area contributed by atoms with Gasteiger partial charge in [-0.3, -0.25) is 4.79 Å². The maximum absolute atomic E-state index is 12.3. The molecule has 0 radical (unpaired) electrons. The summed E-state index contributed by atoms with van der Waals surface area (Å²) in [5.41, 5.74) is 2.94. The third-order valence-corrected chi connectivity index (χ3v) is 5.19. The van der Waals surface area contributed by atoms with Crippen LogP contribution in [0.4, 0.5) is 5.69 Å². The van der Waals surface area contributed by atoms with Crippen molar-refractivity contribution in [3.05, 3.63) is 63.0 Å². The van der Waals surface area contributed by atoms with Gasteiger partial charge in [0, 0.05) is 10.0 Å². The van der Waals surface area contributed by atoms with E-state index in [1.54, 1.807) is 0 Å². The summed E-state index contributed by atoms with van der Waals surface area (Å²) in [6.45, 7) is 4.62. The molecule has 0 aliphatic carbocycles. The summed E-state index contributed by atoms with van der Waals surface area (Å²) in [6.07, 6.45) is 2.82. The molecule has 2 aromatic carbocycles. The van der Waals surface area contributed by atoms with Gasteiger partial charge in [0.15, 0.2) is 5.17 Å². The number of amidine groups is 1. The fourth-order valence-corrected chi connectivity index (χ4v) is 3.68. The van der Waals surface area contributed by atoms with E-state index in [1.165, 1.54) is 17.3 Å². The number of benzene rings is 2. The van der Waals surface area contributed by atoms with Crippen molar-refractivity contribution in [2.45, 2.75) is 20.3 Å². The second kappa shape index (κ2) is 8.56. The van der Waals surface area contributed by atoms with Crippen LogP contribution in [-0.2, 0) is 11.2 Å². The van der Waals surface area contributed by atoms with Gasteiger partial charge in [-0.05, 0) is 67.1 Å². The van der Waals surface area contributed by atoms with Gasteiger partial charge in [-0.15, -0.1) is 0 Å². The monoisotopic (exact) mass is 430 g/mol. The Labute approximate surface area is 165 Å². The van der Waals surface area contributed by atoms with Crippen LogP contribution in [0.1, 0.15) is 25.0 Å². The molecular formula is C20H19BrN2O2S. The molecule has 1 N–H and O–H groups in total. The average molecular weight is 431 g/mol. The van der Waals surface area contributed by atoms with Crippen LogP contribution in [-0.4, -0.2) is 17.7 Å². The molecule has 134 valence electrons. The third-order valence-electron chi connectivity index (χ3n) is 3.78. The second-order valence-corrected chi connectivity index (χ2v) is 7.56. The number of amides is 1. The lowest BCUT2D eigenvalue weighted by molar-refractivity contribution is -0.115. The summed E-state index contributed by atoms with van der Waals surface area (Å²) in [5, 5.41) is 3.40. The van der Waals surface area contributed by atoms with E-state index in [1.807, 2.05) is 55.5 Å². The smallest absolute Gasteiger partial charge is 0.264 e. The Morgan fingerprint density at radius 2 is 1.96 bits per heavy atom. The SMILES string of the molecule is CCOc1ccc(Br)cc1/C=C1\SC(=Nc2ccc(CC)cc2)NC1=O. The van der Waals surface area contributed by atoms with Crippen molar-refractivity contribution in [3.8, 4) is 5.75 Å². The van der Waals surface area contributed by atoms with Gasteiger partial charge < -0.3 is 10.1 Å². The molecule has 0 aromatic heterocycles. The lowest BCUT2D eigenvalue weighted by Gasteiger charge is -2.07. The first-order valence-electron chi connectivity index (χ1n) is 8.40. The van der Waals surface area contributed by atoms with Crippen LogP contribution in [0.2, 0.25) is 0 Å².